The molecule has 0 radical (unpaired) electrons. The maximum absolute atomic E-state index is 12.8. The number of carbonyl (C=O) groups is 1. The lowest BCUT2D eigenvalue weighted by Gasteiger charge is -2.17. The van der Waals surface area contributed by atoms with Gasteiger partial charge in [0.25, 0.3) is 0 Å². The zero-order valence-corrected chi connectivity index (χ0v) is 22.0. The first-order valence-electron chi connectivity index (χ1n) is 11.3. The molecule has 1 amide bonds. The number of thiophene rings is 1. The quantitative estimate of drug-likeness (QED) is 0.269. The number of anilines is 1. The number of aromatic nitrogens is 3. The van der Waals surface area contributed by atoms with Gasteiger partial charge >= 0.3 is 0 Å². The lowest BCUT2D eigenvalue weighted by atomic mass is 9.89. The number of hydrogen-bond acceptors (Lipinski definition) is 7. The Kier molecular flexibility index (Phi) is 8.16. The minimum absolute atomic E-state index is 0.138. The van der Waals surface area contributed by atoms with Gasteiger partial charge < -0.3 is 10.1 Å². The van der Waals surface area contributed by atoms with Gasteiger partial charge in [0.2, 0.25) is 5.91 Å². The van der Waals surface area contributed by atoms with E-state index < -0.39 is 6.10 Å². The molecule has 10 heteroatoms. The first kappa shape index (κ1) is 25.3. The molecule has 1 aliphatic carbocycles. The van der Waals surface area contributed by atoms with E-state index in [1.54, 1.807) is 18.2 Å². The highest BCUT2D eigenvalue weighted by Crippen LogP contribution is 2.39. The van der Waals surface area contributed by atoms with Crippen LogP contribution in [0, 0.1) is 17.2 Å². The Labute approximate surface area is 218 Å². The van der Waals surface area contributed by atoms with Crippen molar-refractivity contribution in [2.45, 2.75) is 50.9 Å². The molecule has 0 bridgehead atoms. The van der Waals surface area contributed by atoms with Gasteiger partial charge in [-0.05, 0) is 49.8 Å². The molecule has 4 rings (SSSR count). The van der Waals surface area contributed by atoms with Crippen molar-refractivity contribution < 1.29 is 9.53 Å². The first-order chi connectivity index (χ1) is 16.9. The number of allylic oxidation sites excluding steroid dienone is 1. The van der Waals surface area contributed by atoms with Crippen molar-refractivity contribution in [3.05, 3.63) is 63.8 Å². The smallest absolute Gasteiger partial charge is 0.235 e. The normalized spacial score (nSPS) is 15.7. The summed E-state index contributed by atoms with van der Waals surface area (Å²) in [5.41, 5.74) is 1.71. The summed E-state index contributed by atoms with van der Waals surface area (Å²) >= 11 is 9.03. The summed E-state index contributed by atoms with van der Waals surface area (Å²) in [5.74, 6) is 1.72. The van der Waals surface area contributed by atoms with E-state index in [0.29, 0.717) is 44.8 Å². The Hall–Kier alpha value is -2.80. The number of amides is 1. The Bertz CT molecular complexity index is 1280. The van der Waals surface area contributed by atoms with Crippen molar-refractivity contribution in [1.82, 2.24) is 14.8 Å². The van der Waals surface area contributed by atoms with Gasteiger partial charge in [-0.2, -0.15) is 5.26 Å². The molecule has 7 nitrogen and oxygen atoms in total. The highest BCUT2D eigenvalue weighted by atomic mass is 35.5. The average Bonchev–Trinajstić information content (AvgIpc) is 3.39. The monoisotopic (exact) mass is 527 g/mol. The Morgan fingerprint density at radius 2 is 2.29 bits per heavy atom. The Morgan fingerprint density at radius 1 is 1.49 bits per heavy atom. The zero-order chi connectivity index (χ0) is 24.9. The summed E-state index contributed by atoms with van der Waals surface area (Å²) in [7, 11) is 0. The van der Waals surface area contributed by atoms with E-state index in [9.17, 15) is 10.1 Å². The fraction of sp³-hybridized carbons (Fsp3) is 0.360. The highest BCUT2D eigenvalue weighted by molar-refractivity contribution is 7.99. The number of nitrogens with one attached hydrogen (secondary N) is 1. The van der Waals surface area contributed by atoms with Crippen molar-refractivity contribution in [3.8, 4) is 11.8 Å². The third-order valence-electron chi connectivity index (χ3n) is 5.77. The van der Waals surface area contributed by atoms with E-state index in [2.05, 4.69) is 35.1 Å². The van der Waals surface area contributed by atoms with Gasteiger partial charge in [0.05, 0.1) is 16.3 Å². The molecule has 2 atom stereocenters. The number of nitriles is 1. The molecule has 0 saturated carbocycles. The lowest BCUT2D eigenvalue weighted by Crippen LogP contribution is -2.15. The molecule has 0 spiro atoms. The maximum Gasteiger partial charge on any atom is 0.235 e. The van der Waals surface area contributed by atoms with E-state index in [-0.39, 0.29) is 11.7 Å². The topological polar surface area (TPSA) is 92.8 Å². The maximum atomic E-state index is 12.8. The van der Waals surface area contributed by atoms with Crippen LogP contribution < -0.4 is 10.1 Å². The number of fused-ring (bicyclic) bond motifs is 1. The predicted octanol–water partition coefficient (Wildman–Crippen LogP) is 6.05. The summed E-state index contributed by atoms with van der Waals surface area (Å²) in [6.45, 7) is 8.39. The highest BCUT2D eigenvalue weighted by Gasteiger charge is 2.25. The fourth-order valence-electron chi connectivity index (χ4n) is 4.04. The number of ether oxygens (including phenoxy) is 1. The number of halogens is 1. The van der Waals surface area contributed by atoms with Crippen LogP contribution in [0.2, 0.25) is 5.02 Å². The van der Waals surface area contributed by atoms with Crippen LogP contribution in [0.15, 0.2) is 42.1 Å². The van der Waals surface area contributed by atoms with Gasteiger partial charge in [0.15, 0.2) is 17.1 Å². The van der Waals surface area contributed by atoms with Crippen LogP contribution in [0.3, 0.4) is 0 Å². The standard InChI is InChI=1S/C25H26ClN5O2S2/c1-4-11-31-23(16(3)33-20-8-6-5-7-19(20)26)29-30-25(31)34-14-22(32)28-24-18(13-27)17-10-9-15(2)12-21(17)35-24/h4-8,15-16H,1,9-12,14H2,2-3H3,(H,28,32). The second-order valence-electron chi connectivity index (χ2n) is 8.44. The summed E-state index contributed by atoms with van der Waals surface area (Å²) in [5, 5.41) is 22.9. The van der Waals surface area contributed by atoms with E-state index in [1.807, 2.05) is 23.6 Å². The molecule has 2 unspecified atom stereocenters. The van der Waals surface area contributed by atoms with Crippen molar-refractivity contribution >= 4 is 45.6 Å². The molecule has 1 aromatic carbocycles. The molecular weight excluding hydrogens is 502 g/mol. The summed E-state index contributed by atoms with van der Waals surface area (Å²) in [4.78, 5) is 14.0. The minimum atomic E-state index is -0.413. The summed E-state index contributed by atoms with van der Waals surface area (Å²) in [6, 6.07) is 9.54. The van der Waals surface area contributed by atoms with E-state index >= 15 is 0 Å². The van der Waals surface area contributed by atoms with Gasteiger partial charge in [-0.25, -0.2) is 0 Å². The Balaban J connectivity index is 1.44. The predicted molar refractivity (Wildman–Crippen MR) is 140 cm³/mol. The number of thioether (sulfide) groups is 1. The molecule has 2 heterocycles. The lowest BCUT2D eigenvalue weighted by molar-refractivity contribution is -0.113. The van der Waals surface area contributed by atoms with Crippen molar-refractivity contribution in [3.63, 3.8) is 0 Å². The molecule has 1 aliphatic rings. The molecule has 35 heavy (non-hydrogen) atoms. The van der Waals surface area contributed by atoms with Crippen LogP contribution in [-0.4, -0.2) is 26.4 Å². The zero-order valence-electron chi connectivity index (χ0n) is 19.6. The number of nitrogens with zero attached hydrogens (tertiary/aromatic N) is 4. The SMILES string of the molecule is C=CCn1c(SCC(=O)Nc2sc3c(c2C#N)CCC(C)C3)nnc1C(C)Oc1ccccc1Cl. The van der Waals surface area contributed by atoms with Crippen LogP contribution in [0.5, 0.6) is 5.75 Å². The largest absolute Gasteiger partial charge is 0.481 e. The van der Waals surface area contributed by atoms with Gasteiger partial charge in [0, 0.05) is 11.4 Å². The number of hydrogen-bond donors (Lipinski definition) is 1. The van der Waals surface area contributed by atoms with E-state index in [1.165, 1.54) is 28.0 Å². The van der Waals surface area contributed by atoms with Gasteiger partial charge in [-0.15, -0.1) is 28.1 Å². The molecule has 0 fully saturated rings. The average molecular weight is 528 g/mol. The second-order valence-corrected chi connectivity index (χ2v) is 10.9. The third-order valence-corrected chi connectivity index (χ3v) is 8.22. The van der Waals surface area contributed by atoms with Crippen molar-refractivity contribution in [1.29, 1.82) is 5.26 Å². The molecular formula is C25H26ClN5O2S2. The second kappa shape index (κ2) is 11.3. The molecule has 3 aromatic rings. The minimum Gasteiger partial charge on any atom is -0.481 e. The van der Waals surface area contributed by atoms with Gasteiger partial charge in [-0.3, -0.25) is 9.36 Å². The number of para-hydroxylation sites is 1. The van der Waals surface area contributed by atoms with Crippen LogP contribution in [0.4, 0.5) is 5.00 Å². The Morgan fingerprint density at radius 3 is 3.03 bits per heavy atom. The molecule has 2 aromatic heterocycles. The van der Waals surface area contributed by atoms with E-state index in [4.69, 9.17) is 16.3 Å². The van der Waals surface area contributed by atoms with Crippen LogP contribution in [-0.2, 0) is 24.2 Å². The number of carbonyl (C=O) groups excluding carboxylic acids is 1. The third kappa shape index (κ3) is 5.72. The van der Waals surface area contributed by atoms with Crippen molar-refractivity contribution in [2.24, 2.45) is 5.92 Å². The molecule has 1 N–H and O–H groups in total. The van der Waals surface area contributed by atoms with Crippen LogP contribution >= 0.6 is 34.7 Å². The first-order valence-corrected chi connectivity index (χ1v) is 13.5. The molecule has 0 saturated heterocycles. The number of benzene rings is 1. The molecule has 182 valence electrons. The van der Waals surface area contributed by atoms with Crippen molar-refractivity contribution in [2.75, 3.05) is 11.1 Å². The fourth-order valence-corrected chi connectivity index (χ4v) is 6.35. The molecule has 0 aliphatic heterocycles. The summed E-state index contributed by atoms with van der Waals surface area (Å²) < 4.78 is 7.88. The number of rotatable bonds is 9. The van der Waals surface area contributed by atoms with Crippen LogP contribution in [0.1, 0.15) is 48.2 Å². The van der Waals surface area contributed by atoms with E-state index in [0.717, 1.165) is 24.8 Å². The summed E-state index contributed by atoms with van der Waals surface area (Å²) in [6.07, 6.45) is 4.25. The van der Waals surface area contributed by atoms with Crippen LogP contribution in [0.25, 0.3) is 0 Å². The van der Waals surface area contributed by atoms with Gasteiger partial charge in [0.1, 0.15) is 16.8 Å². The van der Waals surface area contributed by atoms with Gasteiger partial charge in [-0.1, -0.05) is 48.5 Å².